The minimum atomic E-state index is -2.63. The van der Waals surface area contributed by atoms with Crippen LogP contribution in [0.5, 0.6) is 0 Å². The van der Waals surface area contributed by atoms with Gasteiger partial charge < -0.3 is 4.57 Å². The van der Waals surface area contributed by atoms with Crippen molar-refractivity contribution in [2.45, 2.75) is 19.8 Å². The molecule has 0 amide bonds. The van der Waals surface area contributed by atoms with Crippen molar-refractivity contribution in [1.82, 2.24) is 0 Å². The number of allylic oxidation sites excluding steroid dienone is 1. The maximum Gasteiger partial charge on any atom is 0.147 e. The second-order valence-electron chi connectivity index (χ2n) is 5.26. The summed E-state index contributed by atoms with van der Waals surface area (Å²) in [6.45, 7) is 8.08. The Morgan fingerprint density at radius 2 is 1.65 bits per heavy atom. The molecular weight excluding hydrogens is 263 g/mol. The Morgan fingerprint density at radius 3 is 2.25 bits per heavy atom. The molecule has 1 atom stereocenters. The summed E-state index contributed by atoms with van der Waals surface area (Å²) < 4.78 is 13.7. The molecule has 104 valence electrons. The fourth-order valence-electron chi connectivity index (χ4n) is 2.50. The van der Waals surface area contributed by atoms with Crippen molar-refractivity contribution >= 4 is 17.8 Å². The van der Waals surface area contributed by atoms with E-state index in [4.69, 9.17) is 0 Å². The van der Waals surface area contributed by atoms with Gasteiger partial charge in [0.05, 0.1) is 0 Å². The van der Waals surface area contributed by atoms with Crippen LogP contribution in [0, 0.1) is 0 Å². The summed E-state index contributed by atoms with van der Waals surface area (Å²) in [5, 5.41) is 1.88. The van der Waals surface area contributed by atoms with Gasteiger partial charge in [-0.25, -0.2) is 0 Å². The molecule has 0 spiro atoms. The molecule has 0 saturated heterocycles. The van der Waals surface area contributed by atoms with Crippen LogP contribution in [0.1, 0.15) is 25.3 Å². The van der Waals surface area contributed by atoms with Crippen molar-refractivity contribution in [1.29, 1.82) is 0 Å². The molecular formula is C18H21OP. The highest BCUT2D eigenvalue weighted by molar-refractivity contribution is 7.79. The maximum absolute atomic E-state index is 13.7. The molecule has 1 unspecified atom stereocenters. The van der Waals surface area contributed by atoms with Gasteiger partial charge in [0, 0.05) is 16.8 Å². The summed E-state index contributed by atoms with van der Waals surface area (Å²) in [7, 11) is -2.63. The Bertz CT molecular complexity index is 629. The van der Waals surface area contributed by atoms with Gasteiger partial charge in [0.15, 0.2) is 0 Å². The SMILES string of the molecule is C=CCP(=O)(c1ccccc1)c1ccccc1C(C)C. The van der Waals surface area contributed by atoms with Crippen LogP contribution in [-0.4, -0.2) is 6.16 Å². The molecule has 0 aromatic heterocycles. The fourth-order valence-corrected chi connectivity index (χ4v) is 5.28. The first-order valence-corrected chi connectivity index (χ1v) is 8.84. The molecule has 0 radical (unpaired) electrons. The van der Waals surface area contributed by atoms with Gasteiger partial charge >= 0.3 is 0 Å². The molecule has 0 fully saturated rings. The van der Waals surface area contributed by atoms with Gasteiger partial charge in [-0.05, 0) is 11.5 Å². The van der Waals surface area contributed by atoms with E-state index >= 15 is 0 Å². The van der Waals surface area contributed by atoms with Gasteiger partial charge in [0.2, 0.25) is 0 Å². The van der Waals surface area contributed by atoms with E-state index in [0.717, 1.165) is 10.6 Å². The van der Waals surface area contributed by atoms with Crippen LogP contribution in [-0.2, 0) is 4.57 Å². The third-order valence-corrected chi connectivity index (χ3v) is 6.60. The maximum atomic E-state index is 13.7. The quantitative estimate of drug-likeness (QED) is 0.590. The number of hydrogen-bond donors (Lipinski definition) is 0. The van der Waals surface area contributed by atoms with Crippen LogP contribution in [0.2, 0.25) is 0 Å². The lowest BCUT2D eigenvalue weighted by atomic mass is 10.0. The molecule has 0 aliphatic heterocycles. The van der Waals surface area contributed by atoms with Crippen LogP contribution in [0.25, 0.3) is 0 Å². The first-order valence-electron chi connectivity index (χ1n) is 6.94. The van der Waals surface area contributed by atoms with E-state index in [2.05, 4.69) is 26.5 Å². The molecule has 2 rings (SSSR count). The van der Waals surface area contributed by atoms with Gasteiger partial charge in [-0.2, -0.15) is 0 Å². The average Bonchev–Trinajstić information content (AvgIpc) is 2.48. The van der Waals surface area contributed by atoms with Crippen molar-refractivity contribution in [2.24, 2.45) is 0 Å². The summed E-state index contributed by atoms with van der Waals surface area (Å²) in [4.78, 5) is 0. The molecule has 0 saturated carbocycles. The lowest BCUT2D eigenvalue weighted by Crippen LogP contribution is -2.21. The van der Waals surface area contributed by atoms with Crippen LogP contribution in [0.15, 0.2) is 67.3 Å². The van der Waals surface area contributed by atoms with E-state index in [1.165, 1.54) is 5.56 Å². The molecule has 1 nitrogen and oxygen atoms in total. The molecule has 0 N–H and O–H groups in total. The number of benzene rings is 2. The van der Waals surface area contributed by atoms with Crippen molar-refractivity contribution in [3.63, 3.8) is 0 Å². The molecule has 0 aliphatic carbocycles. The summed E-state index contributed by atoms with van der Waals surface area (Å²) in [6.07, 6.45) is 2.27. The number of hydrogen-bond acceptors (Lipinski definition) is 1. The van der Waals surface area contributed by atoms with Gasteiger partial charge in [-0.3, -0.25) is 0 Å². The van der Waals surface area contributed by atoms with E-state index in [1.54, 1.807) is 6.08 Å². The molecule has 2 heteroatoms. The minimum Gasteiger partial charge on any atom is -0.313 e. The first kappa shape index (κ1) is 14.8. The zero-order chi connectivity index (χ0) is 14.6. The predicted molar refractivity (Wildman–Crippen MR) is 88.9 cm³/mol. The Hall–Kier alpha value is -1.59. The molecule has 20 heavy (non-hydrogen) atoms. The molecule has 0 heterocycles. The van der Waals surface area contributed by atoms with E-state index in [9.17, 15) is 4.57 Å². The van der Waals surface area contributed by atoms with Crippen molar-refractivity contribution in [2.75, 3.05) is 6.16 Å². The van der Waals surface area contributed by atoms with Crippen LogP contribution < -0.4 is 10.6 Å². The standard InChI is InChI=1S/C18H21OP/c1-4-14-20(19,16-10-6-5-7-11-16)18-13-9-8-12-17(18)15(2)3/h4-13,15H,1,14H2,2-3H3. The highest BCUT2D eigenvalue weighted by Crippen LogP contribution is 2.45. The van der Waals surface area contributed by atoms with Gasteiger partial charge in [0.25, 0.3) is 0 Å². The predicted octanol–water partition coefficient (Wildman–Crippen LogP) is 4.31. The molecule has 2 aromatic rings. The molecule has 2 aromatic carbocycles. The Labute approximate surface area is 121 Å². The van der Waals surface area contributed by atoms with Crippen molar-refractivity contribution in [3.8, 4) is 0 Å². The number of rotatable bonds is 5. The zero-order valence-corrected chi connectivity index (χ0v) is 13.0. The van der Waals surface area contributed by atoms with E-state index < -0.39 is 7.14 Å². The normalized spacial score (nSPS) is 13.9. The monoisotopic (exact) mass is 284 g/mol. The van der Waals surface area contributed by atoms with Crippen molar-refractivity contribution < 1.29 is 4.57 Å². The van der Waals surface area contributed by atoms with E-state index in [0.29, 0.717) is 12.1 Å². The van der Waals surface area contributed by atoms with Gasteiger partial charge in [-0.1, -0.05) is 74.5 Å². The summed E-state index contributed by atoms with van der Waals surface area (Å²) >= 11 is 0. The van der Waals surface area contributed by atoms with Gasteiger partial charge in [0.1, 0.15) is 7.14 Å². The third kappa shape index (κ3) is 2.78. The summed E-state index contributed by atoms with van der Waals surface area (Å²) in [6, 6.07) is 17.8. The highest BCUT2D eigenvalue weighted by atomic mass is 31.2. The smallest absolute Gasteiger partial charge is 0.147 e. The Balaban J connectivity index is 2.66. The third-order valence-electron chi connectivity index (χ3n) is 3.51. The van der Waals surface area contributed by atoms with E-state index in [1.807, 2.05) is 48.5 Å². The zero-order valence-electron chi connectivity index (χ0n) is 12.1. The highest BCUT2D eigenvalue weighted by Gasteiger charge is 2.28. The van der Waals surface area contributed by atoms with Crippen LogP contribution in [0.4, 0.5) is 0 Å². The lowest BCUT2D eigenvalue weighted by Gasteiger charge is -2.22. The first-order chi connectivity index (χ1) is 9.59. The topological polar surface area (TPSA) is 17.1 Å². The average molecular weight is 284 g/mol. The minimum absolute atomic E-state index is 0.355. The second-order valence-corrected chi connectivity index (χ2v) is 8.10. The summed E-state index contributed by atoms with van der Waals surface area (Å²) in [5.41, 5.74) is 1.17. The van der Waals surface area contributed by atoms with Crippen LogP contribution in [0.3, 0.4) is 0 Å². The van der Waals surface area contributed by atoms with E-state index in [-0.39, 0.29) is 0 Å². The summed E-state index contributed by atoms with van der Waals surface area (Å²) in [5.74, 6) is 0.355. The van der Waals surface area contributed by atoms with Crippen LogP contribution >= 0.6 is 7.14 Å². The Kier molecular flexibility index (Phi) is 4.62. The lowest BCUT2D eigenvalue weighted by molar-refractivity contribution is 0.588. The van der Waals surface area contributed by atoms with Gasteiger partial charge in [-0.15, -0.1) is 6.58 Å². The second kappa shape index (κ2) is 6.24. The van der Waals surface area contributed by atoms with Crippen molar-refractivity contribution in [3.05, 3.63) is 72.8 Å². The fraction of sp³-hybridized carbons (Fsp3) is 0.222. The Morgan fingerprint density at radius 1 is 1.05 bits per heavy atom. The largest absolute Gasteiger partial charge is 0.313 e. The molecule has 0 aliphatic rings. The molecule has 0 bridgehead atoms.